The molecule has 31 heavy (non-hydrogen) atoms. The lowest BCUT2D eigenvalue weighted by Crippen LogP contribution is -2.41. The minimum atomic E-state index is -1.78. The van der Waals surface area contributed by atoms with E-state index in [0.29, 0.717) is 18.6 Å². The van der Waals surface area contributed by atoms with E-state index in [9.17, 15) is 4.79 Å². The highest BCUT2D eigenvalue weighted by atomic mass is 28.4. The molecule has 0 aliphatic heterocycles. The second-order valence-electron chi connectivity index (χ2n) is 9.55. The SMILES string of the molecule is COC(=O)c1ccc(Cc2c(C)n(CCO[Si](C)(C)C(C)(C)C)c3ccccc23)nc1. The number of benzene rings is 1. The van der Waals surface area contributed by atoms with E-state index < -0.39 is 8.32 Å². The van der Waals surface area contributed by atoms with Gasteiger partial charge in [-0.15, -0.1) is 0 Å². The number of aromatic nitrogens is 2. The Morgan fingerprint density at radius 2 is 1.84 bits per heavy atom. The Labute approximate surface area is 186 Å². The molecule has 0 saturated heterocycles. The van der Waals surface area contributed by atoms with Gasteiger partial charge in [-0.25, -0.2) is 4.79 Å². The number of esters is 1. The molecule has 3 aromatic rings. The van der Waals surface area contributed by atoms with Crippen LogP contribution < -0.4 is 0 Å². The Kier molecular flexibility index (Phi) is 6.72. The summed E-state index contributed by atoms with van der Waals surface area (Å²) in [5.41, 5.74) is 5.12. The molecule has 0 bridgehead atoms. The number of carbonyl (C=O) groups excluding carboxylic acids is 1. The van der Waals surface area contributed by atoms with Gasteiger partial charge in [-0.2, -0.15) is 0 Å². The van der Waals surface area contributed by atoms with Crippen LogP contribution in [0.15, 0.2) is 42.6 Å². The summed E-state index contributed by atoms with van der Waals surface area (Å²) in [6.45, 7) is 15.1. The van der Waals surface area contributed by atoms with Crippen LogP contribution in [0.2, 0.25) is 18.1 Å². The molecule has 6 heteroatoms. The lowest BCUT2D eigenvalue weighted by Gasteiger charge is -2.36. The molecular formula is C25H34N2O3Si. The fraction of sp³-hybridized carbons (Fsp3) is 0.440. The summed E-state index contributed by atoms with van der Waals surface area (Å²) >= 11 is 0. The Hall–Kier alpha value is -2.44. The summed E-state index contributed by atoms with van der Waals surface area (Å²) < 4.78 is 13.6. The summed E-state index contributed by atoms with van der Waals surface area (Å²) in [6.07, 6.45) is 2.30. The quantitative estimate of drug-likeness (QED) is 0.348. The minimum Gasteiger partial charge on any atom is -0.465 e. The van der Waals surface area contributed by atoms with Crippen LogP contribution >= 0.6 is 0 Å². The van der Waals surface area contributed by atoms with Crippen LogP contribution in [0.25, 0.3) is 10.9 Å². The average molecular weight is 439 g/mol. The van der Waals surface area contributed by atoms with E-state index in [0.717, 1.165) is 12.2 Å². The third-order valence-corrected chi connectivity index (χ3v) is 11.1. The zero-order valence-electron chi connectivity index (χ0n) is 19.8. The van der Waals surface area contributed by atoms with Crippen molar-refractivity contribution in [1.29, 1.82) is 0 Å². The van der Waals surface area contributed by atoms with Gasteiger partial charge < -0.3 is 13.7 Å². The van der Waals surface area contributed by atoms with E-state index >= 15 is 0 Å². The number of nitrogens with zero attached hydrogens (tertiary/aromatic N) is 2. The number of hydrogen-bond acceptors (Lipinski definition) is 4. The number of pyridine rings is 1. The van der Waals surface area contributed by atoms with Crippen LogP contribution in [0.1, 0.15) is 48.1 Å². The number of rotatable bonds is 7. The van der Waals surface area contributed by atoms with Gasteiger partial charge in [-0.3, -0.25) is 4.98 Å². The molecule has 1 aromatic carbocycles. The molecule has 0 spiro atoms. The molecular weight excluding hydrogens is 404 g/mol. The molecule has 2 aromatic heterocycles. The van der Waals surface area contributed by atoms with Crippen LogP contribution in [-0.4, -0.2) is 37.6 Å². The molecule has 0 unspecified atom stereocenters. The Balaban J connectivity index is 1.85. The van der Waals surface area contributed by atoms with Gasteiger partial charge in [0.1, 0.15) is 0 Å². The standard InChI is InChI=1S/C25H34N2O3Si/c1-18-22(16-20-13-12-19(17-26-20)24(28)29-5)21-10-8-9-11-23(21)27(18)14-15-30-31(6,7)25(2,3)4/h8-13,17H,14-16H2,1-7H3. The molecule has 3 rings (SSSR count). The van der Waals surface area contributed by atoms with E-state index in [1.165, 1.54) is 29.3 Å². The zero-order chi connectivity index (χ0) is 22.8. The van der Waals surface area contributed by atoms with Crippen molar-refractivity contribution in [2.45, 2.75) is 58.8 Å². The van der Waals surface area contributed by atoms with Gasteiger partial charge in [0.25, 0.3) is 0 Å². The molecule has 0 amide bonds. The van der Waals surface area contributed by atoms with Crippen molar-refractivity contribution in [2.24, 2.45) is 0 Å². The third-order valence-electron chi connectivity index (χ3n) is 6.55. The summed E-state index contributed by atoms with van der Waals surface area (Å²) in [7, 11) is -0.399. The van der Waals surface area contributed by atoms with Crippen molar-refractivity contribution in [3.63, 3.8) is 0 Å². The van der Waals surface area contributed by atoms with Crippen molar-refractivity contribution >= 4 is 25.2 Å². The minimum absolute atomic E-state index is 0.202. The fourth-order valence-electron chi connectivity index (χ4n) is 3.57. The predicted octanol–water partition coefficient (Wildman–Crippen LogP) is 5.74. The topological polar surface area (TPSA) is 53.4 Å². The average Bonchev–Trinajstić information content (AvgIpc) is 2.99. The summed E-state index contributed by atoms with van der Waals surface area (Å²) in [5.74, 6) is -0.367. The van der Waals surface area contributed by atoms with Gasteiger partial charge in [0.2, 0.25) is 0 Å². The lowest BCUT2D eigenvalue weighted by molar-refractivity contribution is 0.0600. The van der Waals surface area contributed by atoms with Crippen LogP contribution in [-0.2, 0) is 22.1 Å². The van der Waals surface area contributed by atoms with Crippen molar-refractivity contribution in [3.05, 3.63) is 65.1 Å². The highest BCUT2D eigenvalue weighted by Crippen LogP contribution is 2.36. The maximum absolute atomic E-state index is 11.7. The van der Waals surface area contributed by atoms with E-state index in [1.807, 2.05) is 6.07 Å². The highest BCUT2D eigenvalue weighted by molar-refractivity contribution is 6.74. The second-order valence-corrected chi connectivity index (χ2v) is 14.4. The number of methoxy groups -OCH3 is 1. The first kappa shape index (κ1) is 23.2. The van der Waals surface area contributed by atoms with Crippen LogP contribution in [0.4, 0.5) is 0 Å². The molecule has 0 radical (unpaired) electrons. The largest absolute Gasteiger partial charge is 0.465 e. The fourth-order valence-corrected chi connectivity index (χ4v) is 4.61. The van der Waals surface area contributed by atoms with Crippen LogP contribution in [0.3, 0.4) is 0 Å². The van der Waals surface area contributed by atoms with Gasteiger partial charge >= 0.3 is 5.97 Å². The molecule has 0 aliphatic rings. The monoisotopic (exact) mass is 438 g/mol. The summed E-state index contributed by atoms with van der Waals surface area (Å²) in [4.78, 5) is 16.2. The van der Waals surface area contributed by atoms with Gasteiger partial charge in [0, 0.05) is 41.5 Å². The van der Waals surface area contributed by atoms with E-state index in [-0.39, 0.29) is 11.0 Å². The molecule has 0 saturated carbocycles. The Bertz CT molecular complexity index is 1060. The van der Waals surface area contributed by atoms with Gasteiger partial charge in [-0.05, 0) is 48.8 Å². The molecule has 0 aliphatic carbocycles. The number of fused-ring (bicyclic) bond motifs is 1. The predicted molar refractivity (Wildman–Crippen MR) is 128 cm³/mol. The van der Waals surface area contributed by atoms with Crippen molar-refractivity contribution in [2.75, 3.05) is 13.7 Å². The van der Waals surface area contributed by atoms with Crippen molar-refractivity contribution in [3.8, 4) is 0 Å². The lowest BCUT2D eigenvalue weighted by atomic mass is 10.1. The van der Waals surface area contributed by atoms with E-state index in [1.54, 1.807) is 12.3 Å². The molecule has 0 fully saturated rings. The molecule has 2 heterocycles. The molecule has 0 N–H and O–H groups in total. The molecule has 0 atom stereocenters. The third kappa shape index (κ3) is 4.91. The summed E-state index contributed by atoms with van der Waals surface area (Å²) in [6, 6.07) is 12.2. The smallest absolute Gasteiger partial charge is 0.339 e. The van der Waals surface area contributed by atoms with Crippen LogP contribution in [0.5, 0.6) is 0 Å². The first-order valence-electron chi connectivity index (χ1n) is 10.8. The van der Waals surface area contributed by atoms with Crippen LogP contribution in [0, 0.1) is 6.92 Å². The van der Waals surface area contributed by atoms with Gasteiger partial charge in [0.15, 0.2) is 8.32 Å². The first-order chi connectivity index (χ1) is 14.5. The molecule has 166 valence electrons. The molecule has 5 nitrogen and oxygen atoms in total. The second kappa shape index (κ2) is 8.97. The van der Waals surface area contributed by atoms with E-state index in [2.05, 4.69) is 74.6 Å². The highest BCUT2D eigenvalue weighted by Gasteiger charge is 2.36. The summed E-state index contributed by atoms with van der Waals surface area (Å²) in [5, 5.41) is 1.44. The van der Waals surface area contributed by atoms with Crippen molar-refractivity contribution < 1.29 is 14.0 Å². The Morgan fingerprint density at radius 1 is 1.13 bits per heavy atom. The van der Waals surface area contributed by atoms with Gasteiger partial charge in [0.05, 0.1) is 19.3 Å². The van der Waals surface area contributed by atoms with E-state index in [4.69, 9.17) is 9.16 Å². The number of carbonyl (C=O) groups is 1. The van der Waals surface area contributed by atoms with Crippen molar-refractivity contribution in [1.82, 2.24) is 9.55 Å². The normalized spacial score (nSPS) is 12.4. The maximum Gasteiger partial charge on any atom is 0.339 e. The Morgan fingerprint density at radius 3 is 2.45 bits per heavy atom. The van der Waals surface area contributed by atoms with Gasteiger partial charge in [-0.1, -0.05) is 39.0 Å². The maximum atomic E-state index is 11.7. The number of ether oxygens (including phenoxy) is 1. The first-order valence-corrected chi connectivity index (χ1v) is 13.7. The number of hydrogen-bond donors (Lipinski definition) is 0. The number of para-hydroxylation sites is 1. The zero-order valence-corrected chi connectivity index (χ0v) is 20.8.